The summed E-state index contributed by atoms with van der Waals surface area (Å²) in [7, 11) is -3.63. The third kappa shape index (κ3) is 13.2. The minimum Gasteiger partial charge on any atom is -0.437 e. The van der Waals surface area contributed by atoms with Crippen LogP contribution in [-0.2, 0) is 22.2 Å². The van der Waals surface area contributed by atoms with Crippen molar-refractivity contribution in [1.82, 2.24) is 25.2 Å². The number of halogens is 1. The molecule has 0 aromatic carbocycles. The van der Waals surface area contributed by atoms with Crippen molar-refractivity contribution < 1.29 is 14.2 Å². The molecule has 0 spiro atoms. The molecule has 2 aromatic rings. The Bertz CT molecular complexity index is 803. The normalized spacial score (nSPS) is 10.1. The minimum absolute atomic E-state index is 0. The number of aryl methyl sites for hydroxylation is 2. The Morgan fingerprint density at radius 3 is 1.97 bits per heavy atom. The van der Waals surface area contributed by atoms with Crippen LogP contribution >= 0.6 is 30.9 Å². The molecule has 2 heterocycles. The number of aromatic amines is 2. The van der Waals surface area contributed by atoms with Crippen LogP contribution < -0.4 is 16.5 Å². The van der Waals surface area contributed by atoms with Crippen molar-refractivity contribution in [3.63, 3.8) is 0 Å². The van der Waals surface area contributed by atoms with Crippen molar-refractivity contribution >= 4 is 43.5 Å². The van der Waals surface area contributed by atoms with Crippen LogP contribution in [0.5, 0.6) is 0 Å². The Hall–Kier alpha value is -0.825. The van der Waals surface area contributed by atoms with Crippen molar-refractivity contribution in [3.8, 4) is 0 Å². The number of hydrogen-bond acceptors (Lipinski definition) is 7. The van der Waals surface area contributed by atoms with Crippen molar-refractivity contribution in [1.29, 1.82) is 0 Å². The van der Waals surface area contributed by atoms with Gasteiger partial charge in [-0.25, -0.2) is 9.97 Å². The Balaban J connectivity index is 0. The number of nitrogens with one attached hydrogen (secondary N) is 3. The summed E-state index contributed by atoms with van der Waals surface area (Å²) < 4.78 is 21.9. The van der Waals surface area contributed by atoms with E-state index in [1.807, 2.05) is 13.8 Å². The van der Waals surface area contributed by atoms with Gasteiger partial charge in [0, 0.05) is 24.5 Å². The average Bonchev–Trinajstić information content (AvgIpc) is 3.06. The molecule has 166 valence electrons. The standard InChI is InChI=1S/C7H14N3OP.C6H11BBrN3O.C2H6OP.CH4/c1-5-6(4-8)10-7(9-5)12(2,3)11;1-4-5(3-9-7(2)12)11-6(8)10-4;1-4(2)3;/h4,8H2,1-3H3,(H,9,10);9,12H,3H2,1-2H3,(H,10,11);1-2H3;1H4/q;;+1;. The van der Waals surface area contributed by atoms with E-state index in [0.717, 1.165) is 27.5 Å². The Kier molecular flexibility index (Phi) is 14.9. The molecule has 0 aliphatic rings. The maximum absolute atomic E-state index is 11.6. The zero-order chi connectivity index (χ0) is 22.1. The Morgan fingerprint density at radius 2 is 1.69 bits per heavy atom. The lowest BCUT2D eigenvalue weighted by Gasteiger charge is -2.01. The number of nitrogens with two attached hydrogens (primary N) is 1. The van der Waals surface area contributed by atoms with E-state index < -0.39 is 22.0 Å². The first kappa shape index (κ1) is 30.4. The second kappa shape index (κ2) is 14.2. The first-order valence-corrected chi connectivity index (χ1v) is 14.1. The molecule has 0 bridgehead atoms. The fourth-order valence-corrected chi connectivity index (χ4v) is 3.12. The molecule has 9 nitrogen and oxygen atoms in total. The van der Waals surface area contributed by atoms with Crippen molar-refractivity contribution in [2.24, 2.45) is 5.73 Å². The summed E-state index contributed by atoms with van der Waals surface area (Å²) in [5, 5.41) is 11.8. The molecule has 29 heavy (non-hydrogen) atoms. The van der Waals surface area contributed by atoms with E-state index in [0.29, 0.717) is 18.7 Å². The summed E-state index contributed by atoms with van der Waals surface area (Å²) in [4.78, 5) is 14.3. The smallest absolute Gasteiger partial charge is 0.373 e. The van der Waals surface area contributed by atoms with Crippen LogP contribution in [0.15, 0.2) is 4.73 Å². The molecular formula is C16H35BBrN6O3P2+. The molecule has 0 amide bonds. The predicted molar refractivity (Wildman–Crippen MR) is 128 cm³/mol. The fourth-order valence-electron chi connectivity index (χ4n) is 1.81. The van der Waals surface area contributed by atoms with Crippen molar-refractivity contribution in [2.45, 2.75) is 41.2 Å². The van der Waals surface area contributed by atoms with Crippen LogP contribution in [0.2, 0.25) is 6.82 Å². The third-order valence-corrected chi connectivity index (χ3v) is 4.81. The number of rotatable bonds is 5. The van der Waals surface area contributed by atoms with Crippen molar-refractivity contribution in [3.05, 3.63) is 27.5 Å². The lowest BCUT2D eigenvalue weighted by atomic mass is 9.89. The molecule has 0 unspecified atom stereocenters. The Labute approximate surface area is 183 Å². The number of hydrogen-bond donors (Lipinski definition) is 5. The lowest BCUT2D eigenvalue weighted by Crippen LogP contribution is -2.30. The van der Waals surface area contributed by atoms with E-state index in [-0.39, 0.29) is 7.43 Å². The average molecular weight is 512 g/mol. The second-order valence-electron chi connectivity index (χ2n) is 6.66. The van der Waals surface area contributed by atoms with Gasteiger partial charge in [0.15, 0.2) is 10.3 Å². The topological polar surface area (TPSA) is 150 Å². The molecule has 0 atom stereocenters. The largest absolute Gasteiger partial charge is 0.437 e. The fraction of sp³-hybridized carbons (Fsp3) is 0.625. The lowest BCUT2D eigenvalue weighted by molar-refractivity contribution is 0.552. The van der Waals surface area contributed by atoms with E-state index in [9.17, 15) is 9.13 Å². The summed E-state index contributed by atoms with van der Waals surface area (Å²) in [6.45, 7) is 13.2. The van der Waals surface area contributed by atoms with Gasteiger partial charge in [-0.1, -0.05) is 12.0 Å². The van der Waals surface area contributed by atoms with E-state index in [4.69, 9.17) is 10.8 Å². The monoisotopic (exact) mass is 511 g/mol. The molecule has 6 N–H and O–H groups in total. The van der Waals surface area contributed by atoms with E-state index in [1.165, 1.54) is 0 Å². The number of H-pyrrole nitrogens is 2. The maximum Gasteiger partial charge on any atom is 0.373 e. The number of aromatic nitrogens is 4. The van der Waals surface area contributed by atoms with Gasteiger partial charge in [-0.2, -0.15) is 0 Å². The van der Waals surface area contributed by atoms with Crippen LogP contribution in [-0.4, -0.2) is 58.7 Å². The molecule has 0 radical (unpaired) electrons. The first-order chi connectivity index (χ1) is 12.8. The highest BCUT2D eigenvalue weighted by Gasteiger charge is 2.16. The SMILES string of the molecule is C.CB(O)NCc1nc(Br)[nH]c1C.C[P+](C)=O.Cc1[nH]c(P(C)(C)=O)nc1CN. The van der Waals surface area contributed by atoms with E-state index in [2.05, 4.69) is 41.1 Å². The molecule has 2 aromatic heterocycles. The van der Waals surface area contributed by atoms with Gasteiger partial charge in [0.05, 0.1) is 11.4 Å². The summed E-state index contributed by atoms with van der Waals surface area (Å²) in [5.41, 5.74) is 9.65. The van der Waals surface area contributed by atoms with Gasteiger partial charge in [-0.3, -0.25) is 0 Å². The highest BCUT2D eigenvalue weighted by atomic mass is 79.9. The molecular weight excluding hydrogens is 477 g/mol. The molecule has 13 heteroatoms. The zero-order valence-electron chi connectivity index (χ0n) is 17.5. The predicted octanol–water partition coefficient (Wildman–Crippen LogP) is 2.81. The summed E-state index contributed by atoms with van der Waals surface area (Å²) in [5.74, 6) is 0. The summed E-state index contributed by atoms with van der Waals surface area (Å²) in [6, 6.07) is 0. The molecule has 0 aliphatic heterocycles. The number of imidazole rings is 2. The quantitative estimate of drug-likeness (QED) is 0.306. The van der Waals surface area contributed by atoms with Crippen LogP contribution in [0.25, 0.3) is 0 Å². The van der Waals surface area contributed by atoms with Crippen LogP contribution in [0.4, 0.5) is 0 Å². The second-order valence-corrected chi connectivity index (χ2v) is 12.2. The molecule has 0 fully saturated rings. The molecule has 2 rings (SSSR count). The van der Waals surface area contributed by atoms with Gasteiger partial charge in [-0.15, -0.1) is 0 Å². The van der Waals surface area contributed by atoms with Gasteiger partial charge in [0.25, 0.3) is 0 Å². The van der Waals surface area contributed by atoms with Crippen molar-refractivity contribution in [2.75, 3.05) is 26.7 Å². The van der Waals surface area contributed by atoms with Crippen LogP contribution in [0, 0.1) is 13.8 Å². The van der Waals surface area contributed by atoms with Gasteiger partial charge in [-0.05, 0) is 49.9 Å². The van der Waals surface area contributed by atoms with Crippen LogP contribution in [0.3, 0.4) is 0 Å². The van der Waals surface area contributed by atoms with Gasteiger partial charge in [0.2, 0.25) is 0 Å². The molecule has 0 aliphatic carbocycles. The molecule has 0 saturated carbocycles. The highest BCUT2D eigenvalue weighted by molar-refractivity contribution is 9.10. The Morgan fingerprint density at radius 1 is 1.21 bits per heavy atom. The number of nitrogens with zero attached hydrogens (tertiary/aromatic N) is 2. The van der Waals surface area contributed by atoms with Crippen LogP contribution in [0.1, 0.15) is 30.2 Å². The zero-order valence-corrected chi connectivity index (χ0v) is 20.9. The van der Waals surface area contributed by atoms with Gasteiger partial charge >= 0.3 is 14.9 Å². The van der Waals surface area contributed by atoms with Gasteiger partial charge < -0.3 is 30.5 Å². The first-order valence-electron chi connectivity index (χ1n) is 8.55. The maximum atomic E-state index is 11.6. The highest BCUT2D eigenvalue weighted by Crippen LogP contribution is 2.32. The summed E-state index contributed by atoms with van der Waals surface area (Å²) >= 11 is 3.23. The minimum atomic E-state index is -2.26. The molecule has 0 saturated heterocycles. The summed E-state index contributed by atoms with van der Waals surface area (Å²) in [6.07, 6.45) is 0. The van der Waals surface area contributed by atoms with Gasteiger partial charge in [0.1, 0.15) is 20.5 Å². The van der Waals surface area contributed by atoms with E-state index >= 15 is 0 Å². The van der Waals surface area contributed by atoms with E-state index in [1.54, 1.807) is 33.5 Å². The third-order valence-electron chi connectivity index (χ3n) is 3.20.